The van der Waals surface area contributed by atoms with Gasteiger partial charge in [0.05, 0.1) is 31.4 Å². The van der Waals surface area contributed by atoms with Gasteiger partial charge in [-0.1, -0.05) is 12.1 Å². The van der Waals surface area contributed by atoms with Gasteiger partial charge in [0.1, 0.15) is 5.82 Å². The molecule has 1 aliphatic rings. The van der Waals surface area contributed by atoms with Crippen molar-refractivity contribution in [2.75, 3.05) is 51.8 Å². The van der Waals surface area contributed by atoms with Crippen LogP contribution in [0.5, 0.6) is 0 Å². The molecular formula is C26H29N5O3. The van der Waals surface area contributed by atoms with Crippen molar-refractivity contribution in [2.24, 2.45) is 0 Å². The molecule has 8 nitrogen and oxygen atoms in total. The number of esters is 1. The molecular weight excluding hydrogens is 430 g/mol. The van der Waals surface area contributed by atoms with Crippen LogP contribution >= 0.6 is 0 Å². The fraction of sp³-hybridized carbons (Fsp3) is 0.346. The van der Waals surface area contributed by atoms with E-state index in [1.54, 1.807) is 12.3 Å². The number of ether oxygens (including phenoxy) is 2. The molecule has 1 aliphatic heterocycles. The molecule has 0 aliphatic carbocycles. The third kappa shape index (κ3) is 4.88. The Bertz CT molecular complexity index is 1280. The molecule has 0 atom stereocenters. The number of benzene rings is 1. The summed E-state index contributed by atoms with van der Waals surface area (Å²) in [4.78, 5) is 27.2. The van der Waals surface area contributed by atoms with Gasteiger partial charge in [0, 0.05) is 60.4 Å². The van der Waals surface area contributed by atoms with Crippen molar-refractivity contribution in [3.8, 4) is 0 Å². The van der Waals surface area contributed by atoms with Gasteiger partial charge in [0.25, 0.3) is 0 Å². The Morgan fingerprint density at radius 1 is 1.21 bits per heavy atom. The maximum absolute atomic E-state index is 12.0. The molecule has 1 saturated heterocycles. The predicted octanol–water partition coefficient (Wildman–Crippen LogP) is 3.62. The minimum absolute atomic E-state index is 0.350. The van der Waals surface area contributed by atoms with Gasteiger partial charge in [-0.25, -0.2) is 9.78 Å². The maximum Gasteiger partial charge on any atom is 0.337 e. The van der Waals surface area contributed by atoms with Gasteiger partial charge in [0.15, 0.2) is 0 Å². The van der Waals surface area contributed by atoms with Gasteiger partial charge < -0.3 is 19.8 Å². The van der Waals surface area contributed by atoms with Crippen LogP contribution in [0.2, 0.25) is 0 Å². The summed E-state index contributed by atoms with van der Waals surface area (Å²) >= 11 is 0. The van der Waals surface area contributed by atoms with Gasteiger partial charge in [-0.3, -0.25) is 9.88 Å². The van der Waals surface area contributed by atoms with Crippen molar-refractivity contribution >= 4 is 33.6 Å². The minimum atomic E-state index is -0.350. The van der Waals surface area contributed by atoms with Gasteiger partial charge in [-0.2, -0.15) is 0 Å². The average Bonchev–Trinajstić information content (AvgIpc) is 3.25. The van der Waals surface area contributed by atoms with Crippen LogP contribution in [-0.2, 0) is 15.9 Å². The SMILES string of the molecule is COC(=O)c1ccc2c(c1)[nH]c1cc(Cc3cccnc3)nc(NCCCN3CCOCC3)c12. The Labute approximate surface area is 198 Å². The number of carbonyl (C=O) groups excluding carboxylic acids is 1. The first-order chi connectivity index (χ1) is 16.7. The molecule has 4 heterocycles. The number of hydrogen-bond acceptors (Lipinski definition) is 7. The molecule has 1 aromatic carbocycles. The highest BCUT2D eigenvalue weighted by Crippen LogP contribution is 2.32. The number of nitrogens with zero attached hydrogens (tertiary/aromatic N) is 3. The van der Waals surface area contributed by atoms with E-state index in [2.05, 4.69) is 32.3 Å². The summed E-state index contributed by atoms with van der Waals surface area (Å²) in [5.74, 6) is 0.507. The van der Waals surface area contributed by atoms with E-state index in [-0.39, 0.29) is 5.97 Å². The van der Waals surface area contributed by atoms with Crippen molar-refractivity contribution in [3.63, 3.8) is 0 Å². The van der Waals surface area contributed by atoms with E-state index in [4.69, 9.17) is 14.5 Å². The summed E-state index contributed by atoms with van der Waals surface area (Å²) in [7, 11) is 1.39. The summed E-state index contributed by atoms with van der Waals surface area (Å²) in [6.45, 7) is 5.47. The Balaban J connectivity index is 1.45. The molecule has 0 radical (unpaired) electrons. The van der Waals surface area contributed by atoms with Crippen LogP contribution < -0.4 is 5.32 Å². The van der Waals surface area contributed by atoms with Crippen molar-refractivity contribution in [1.82, 2.24) is 19.9 Å². The zero-order valence-corrected chi connectivity index (χ0v) is 19.3. The molecule has 3 aromatic heterocycles. The number of aromatic nitrogens is 3. The normalized spacial score (nSPS) is 14.5. The highest BCUT2D eigenvalue weighted by Gasteiger charge is 2.16. The topological polar surface area (TPSA) is 92.4 Å². The zero-order chi connectivity index (χ0) is 23.3. The number of morpholine rings is 1. The number of anilines is 1. The Hall–Kier alpha value is -3.49. The van der Waals surface area contributed by atoms with Crippen molar-refractivity contribution in [2.45, 2.75) is 12.8 Å². The number of hydrogen-bond donors (Lipinski definition) is 2. The Kier molecular flexibility index (Phi) is 6.69. The number of pyridine rings is 2. The smallest absolute Gasteiger partial charge is 0.337 e. The lowest BCUT2D eigenvalue weighted by molar-refractivity contribution is 0.0378. The van der Waals surface area contributed by atoms with Gasteiger partial charge in [0.2, 0.25) is 0 Å². The lowest BCUT2D eigenvalue weighted by Crippen LogP contribution is -2.37. The molecule has 0 bridgehead atoms. The quantitative estimate of drug-likeness (QED) is 0.307. The second-order valence-electron chi connectivity index (χ2n) is 8.53. The third-order valence-corrected chi connectivity index (χ3v) is 6.21. The summed E-state index contributed by atoms with van der Waals surface area (Å²) in [5.41, 5.74) is 4.45. The highest BCUT2D eigenvalue weighted by atomic mass is 16.5. The number of methoxy groups -OCH3 is 1. The molecule has 34 heavy (non-hydrogen) atoms. The molecule has 176 valence electrons. The molecule has 5 rings (SSSR count). The predicted molar refractivity (Wildman–Crippen MR) is 132 cm³/mol. The standard InChI is InChI=1S/C26H29N5O3/c1-33-26(32)19-5-6-21-22(15-19)30-23-16-20(14-18-4-2-7-27-17-18)29-25(24(21)23)28-8-3-9-31-10-12-34-13-11-31/h2,4-7,15-17,30H,3,8-14H2,1H3,(H,28,29). The van der Waals surface area contributed by atoms with Crippen LogP contribution in [0.15, 0.2) is 48.8 Å². The van der Waals surface area contributed by atoms with E-state index >= 15 is 0 Å². The van der Waals surface area contributed by atoms with E-state index in [1.807, 2.05) is 24.4 Å². The number of rotatable bonds is 8. The lowest BCUT2D eigenvalue weighted by atomic mass is 10.1. The van der Waals surface area contributed by atoms with Gasteiger partial charge in [-0.05, 0) is 42.8 Å². The number of carbonyl (C=O) groups is 1. The number of fused-ring (bicyclic) bond motifs is 3. The van der Waals surface area contributed by atoms with E-state index in [0.717, 1.165) is 84.7 Å². The first-order valence-corrected chi connectivity index (χ1v) is 11.7. The molecule has 0 unspecified atom stereocenters. The van der Waals surface area contributed by atoms with Crippen molar-refractivity contribution < 1.29 is 14.3 Å². The Morgan fingerprint density at radius 3 is 2.88 bits per heavy atom. The van der Waals surface area contributed by atoms with Crippen LogP contribution in [0, 0.1) is 0 Å². The first kappa shape index (κ1) is 22.3. The van der Waals surface area contributed by atoms with E-state index in [9.17, 15) is 4.79 Å². The molecule has 8 heteroatoms. The molecule has 0 spiro atoms. The van der Waals surface area contributed by atoms with Gasteiger partial charge >= 0.3 is 5.97 Å². The van der Waals surface area contributed by atoms with Crippen LogP contribution in [-0.4, -0.2) is 72.3 Å². The van der Waals surface area contributed by atoms with Crippen molar-refractivity contribution in [1.29, 1.82) is 0 Å². The van der Waals surface area contributed by atoms with Crippen molar-refractivity contribution in [3.05, 3.63) is 65.6 Å². The molecule has 2 N–H and O–H groups in total. The zero-order valence-electron chi connectivity index (χ0n) is 19.3. The molecule has 0 amide bonds. The average molecular weight is 460 g/mol. The summed E-state index contributed by atoms with van der Waals surface area (Å²) in [6.07, 6.45) is 5.35. The van der Waals surface area contributed by atoms with Crippen LogP contribution in [0.25, 0.3) is 21.8 Å². The van der Waals surface area contributed by atoms with E-state index in [1.165, 1.54) is 7.11 Å². The summed E-state index contributed by atoms with van der Waals surface area (Å²) in [5, 5.41) is 5.65. The third-order valence-electron chi connectivity index (χ3n) is 6.21. The maximum atomic E-state index is 12.0. The Morgan fingerprint density at radius 2 is 2.09 bits per heavy atom. The molecule has 1 fully saturated rings. The minimum Gasteiger partial charge on any atom is -0.465 e. The van der Waals surface area contributed by atoms with Crippen LogP contribution in [0.3, 0.4) is 0 Å². The fourth-order valence-electron chi connectivity index (χ4n) is 4.49. The first-order valence-electron chi connectivity index (χ1n) is 11.7. The lowest BCUT2D eigenvalue weighted by Gasteiger charge is -2.26. The second kappa shape index (κ2) is 10.2. The molecule has 4 aromatic rings. The van der Waals surface area contributed by atoms with Crippen LogP contribution in [0.4, 0.5) is 5.82 Å². The van der Waals surface area contributed by atoms with E-state index < -0.39 is 0 Å². The van der Waals surface area contributed by atoms with Crippen LogP contribution in [0.1, 0.15) is 28.0 Å². The number of aromatic amines is 1. The number of H-pyrrole nitrogens is 1. The summed E-state index contributed by atoms with van der Waals surface area (Å²) in [6, 6.07) is 11.7. The van der Waals surface area contributed by atoms with Gasteiger partial charge in [-0.15, -0.1) is 0 Å². The molecule has 0 saturated carbocycles. The fourth-order valence-corrected chi connectivity index (χ4v) is 4.49. The number of nitrogens with one attached hydrogen (secondary N) is 2. The largest absolute Gasteiger partial charge is 0.465 e. The monoisotopic (exact) mass is 459 g/mol. The summed E-state index contributed by atoms with van der Waals surface area (Å²) < 4.78 is 10.3. The highest BCUT2D eigenvalue weighted by molar-refractivity contribution is 6.13. The second-order valence-corrected chi connectivity index (χ2v) is 8.53. The van der Waals surface area contributed by atoms with E-state index in [0.29, 0.717) is 12.0 Å².